The third-order valence-electron chi connectivity index (χ3n) is 3.56. The van der Waals surface area contributed by atoms with Crippen LogP contribution in [0.2, 0.25) is 0 Å². The van der Waals surface area contributed by atoms with Crippen molar-refractivity contribution >= 4 is 0 Å². The molecule has 1 aliphatic rings. The first-order chi connectivity index (χ1) is 10.4. The molecule has 2 rings (SSSR count). The number of aliphatic hydroxyl groups excluding tert-OH is 2. The summed E-state index contributed by atoms with van der Waals surface area (Å²) in [5, 5.41) is 22.7. The van der Waals surface area contributed by atoms with Crippen molar-refractivity contribution in [3.8, 4) is 0 Å². The van der Waals surface area contributed by atoms with Crippen LogP contribution in [-0.4, -0.2) is 50.8 Å². The molecule has 0 amide bonds. The summed E-state index contributed by atoms with van der Waals surface area (Å²) in [5.74, 6) is 0. The van der Waals surface area contributed by atoms with Gasteiger partial charge in [0, 0.05) is 23.7 Å². The van der Waals surface area contributed by atoms with E-state index in [9.17, 15) is 24.2 Å². The van der Waals surface area contributed by atoms with E-state index in [0.29, 0.717) is 0 Å². The third kappa shape index (κ3) is 2.74. The maximum atomic E-state index is 14.3. The minimum absolute atomic E-state index is 0.131. The van der Waals surface area contributed by atoms with Crippen molar-refractivity contribution in [2.24, 2.45) is 5.11 Å². The molecular formula is C11H14FN5O5. The van der Waals surface area contributed by atoms with Crippen molar-refractivity contribution in [1.29, 1.82) is 0 Å². The van der Waals surface area contributed by atoms with Gasteiger partial charge >= 0.3 is 5.69 Å². The molecule has 0 spiro atoms. The van der Waals surface area contributed by atoms with E-state index in [2.05, 4.69) is 10.0 Å². The van der Waals surface area contributed by atoms with Gasteiger partial charge in [0.2, 0.25) is 0 Å². The number of alkyl halides is 1. The van der Waals surface area contributed by atoms with E-state index in [1.54, 1.807) is 0 Å². The molecule has 2 heterocycles. The SMILES string of the molecule is [N-]=[N+]=NCC[C@]1(CO)O[C@@H](n2ccc(=O)[nH]c2=O)[C@H](F)[C@H]1O. The molecule has 120 valence electrons. The lowest BCUT2D eigenvalue weighted by Crippen LogP contribution is -2.46. The summed E-state index contributed by atoms with van der Waals surface area (Å²) in [5.41, 5.74) is 4.98. The summed E-state index contributed by atoms with van der Waals surface area (Å²) in [7, 11) is 0. The minimum atomic E-state index is -2.01. The summed E-state index contributed by atoms with van der Waals surface area (Å²) >= 11 is 0. The van der Waals surface area contributed by atoms with E-state index in [0.717, 1.165) is 16.8 Å². The molecular weight excluding hydrogens is 301 g/mol. The molecule has 0 radical (unpaired) electrons. The quantitative estimate of drug-likeness (QED) is 0.368. The summed E-state index contributed by atoms with van der Waals surface area (Å²) in [6.45, 7) is -0.863. The number of nitrogens with one attached hydrogen (secondary N) is 1. The van der Waals surface area contributed by atoms with E-state index in [1.807, 2.05) is 4.98 Å². The number of hydrogen-bond acceptors (Lipinski definition) is 6. The monoisotopic (exact) mass is 315 g/mol. The molecule has 11 heteroatoms. The third-order valence-corrected chi connectivity index (χ3v) is 3.56. The second kappa shape index (κ2) is 6.28. The maximum absolute atomic E-state index is 14.3. The number of rotatable bonds is 5. The van der Waals surface area contributed by atoms with Crippen LogP contribution in [0.1, 0.15) is 12.6 Å². The highest BCUT2D eigenvalue weighted by Gasteiger charge is 2.55. The van der Waals surface area contributed by atoms with Crippen LogP contribution in [0, 0.1) is 0 Å². The molecule has 4 atom stereocenters. The van der Waals surface area contributed by atoms with E-state index in [-0.39, 0.29) is 13.0 Å². The zero-order chi connectivity index (χ0) is 16.3. The number of aromatic nitrogens is 2. The zero-order valence-electron chi connectivity index (χ0n) is 11.3. The van der Waals surface area contributed by atoms with Gasteiger partial charge in [0.25, 0.3) is 5.56 Å². The molecule has 3 N–H and O–H groups in total. The average molecular weight is 315 g/mol. The predicted octanol–water partition coefficient (Wildman–Crippen LogP) is -0.804. The van der Waals surface area contributed by atoms with E-state index in [4.69, 9.17) is 10.3 Å². The molecule has 0 saturated carbocycles. The Morgan fingerprint density at radius 2 is 2.32 bits per heavy atom. The van der Waals surface area contributed by atoms with Gasteiger partial charge < -0.3 is 14.9 Å². The van der Waals surface area contributed by atoms with E-state index < -0.39 is 42.0 Å². The van der Waals surface area contributed by atoms with Crippen molar-refractivity contribution < 1.29 is 19.3 Å². The van der Waals surface area contributed by atoms with Crippen LogP contribution >= 0.6 is 0 Å². The summed E-state index contributed by atoms with van der Waals surface area (Å²) < 4.78 is 20.4. The molecule has 22 heavy (non-hydrogen) atoms. The minimum Gasteiger partial charge on any atom is -0.393 e. The lowest BCUT2D eigenvalue weighted by atomic mass is 9.93. The molecule has 0 aromatic carbocycles. The largest absolute Gasteiger partial charge is 0.393 e. The van der Waals surface area contributed by atoms with Gasteiger partial charge in [-0.15, -0.1) is 0 Å². The van der Waals surface area contributed by atoms with Gasteiger partial charge in [-0.2, -0.15) is 0 Å². The summed E-state index contributed by atoms with van der Waals surface area (Å²) in [4.78, 5) is 27.2. The van der Waals surface area contributed by atoms with Gasteiger partial charge in [0.1, 0.15) is 11.7 Å². The maximum Gasteiger partial charge on any atom is 0.330 e. The molecule has 10 nitrogen and oxygen atoms in total. The topological polar surface area (TPSA) is 153 Å². The highest BCUT2D eigenvalue weighted by molar-refractivity contribution is 5.02. The Morgan fingerprint density at radius 1 is 1.59 bits per heavy atom. The smallest absolute Gasteiger partial charge is 0.330 e. The van der Waals surface area contributed by atoms with Gasteiger partial charge in [-0.05, 0) is 12.0 Å². The van der Waals surface area contributed by atoms with Gasteiger partial charge in [0.05, 0.1) is 6.61 Å². The van der Waals surface area contributed by atoms with Crippen molar-refractivity contribution in [2.75, 3.05) is 13.2 Å². The molecule has 1 aromatic rings. The first-order valence-electron chi connectivity index (χ1n) is 6.38. The van der Waals surface area contributed by atoms with Crippen LogP contribution in [0.15, 0.2) is 27.0 Å². The molecule has 1 saturated heterocycles. The summed E-state index contributed by atoms with van der Waals surface area (Å²) in [6.07, 6.45) is -4.36. The fourth-order valence-corrected chi connectivity index (χ4v) is 2.36. The number of H-pyrrole nitrogens is 1. The Kier molecular flexibility index (Phi) is 4.62. The number of nitrogens with zero attached hydrogens (tertiary/aromatic N) is 4. The average Bonchev–Trinajstić information content (AvgIpc) is 2.73. The van der Waals surface area contributed by atoms with Crippen molar-refractivity contribution in [2.45, 2.75) is 30.5 Å². The van der Waals surface area contributed by atoms with Crippen LogP contribution < -0.4 is 11.2 Å². The Balaban J connectivity index is 2.34. The van der Waals surface area contributed by atoms with Crippen LogP contribution in [0.3, 0.4) is 0 Å². The molecule has 0 unspecified atom stereocenters. The Morgan fingerprint density at radius 3 is 2.91 bits per heavy atom. The highest BCUT2D eigenvalue weighted by atomic mass is 19.1. The van der Waals surface area contributed by atoms with Gasteiger partial charge in [0.15, 0.2) is 12.4 Å². The lowest BCUT2D eigenvalue weighted by Gasteiger charge is -2.29. The molecule has 1 aromatic heterocycles. The molecule has 1 fully saturated rings. The molecule has 0 bridgehead atoms. The normalized spacial score (nSPS) is 31.0. The fraction of sp³-hybridized carbons (Fsp3) is 0.636. The number of hydrogen-bond donors (Lipinski definition) is 3. The number of halogens is 1. The Bertz CT molecular complexity index is 699. The van der Waals surface area contributed by atoms with Crippen molar-refractivity contribution in [3.63, 3.8) is 0 Å². The zero-order valence-corrected chi connectivity index (χ0v) is 11.3. The van der Waals surface area contributed by atoms with Crippen LogP contribution in [0.25, 0.3) is 10.4 Å². The van der Waals surface area contributed by atoms with E-state index >= 15 is 0 Å². The first-order valence-corrected chi connectivity index (χ1v) is 6.38. The number of ether oxygens (including phenoxy) is 1. The van der Waals surface area contributed by atoms with Crippen molar-refractivity contribution in [3.05, 3.63) is 43.5 Å². The second-order valence-corrected chi connectivity index (χ2v) is 4.84. The van der Waals surface area contributed by atoms with Crippen molar-refractivity contribution in [1.82, 2.24) is 9.55 Å². The Labute approximate surface area is 122 Å². The number of azide groups is 1. The van der Waals surface area contributed by atoms with Crippen LogP contribution in [-0.2, 0) is 4.74 Å². The molecule has 0 aliphatic carbocycles. The lowest BCUT2D eigenvalue weighted by molar-refractivity contribution is -0.131. The van der Waals surface area contributed by atoms with Gasteiger partial charge in [-0.3, -0.25) is 14.3 Å². The highest BCUT2D eigenvalue weighted by Crippen LogP contribution is 2.40. The molecule has 1 aliphatic heterocycles. The number of aromatic amines is 1. The second-order valence-electron chi connectivity index (χ2n) is 4.84. The fourth-order valence-electron chi connectivity index (χ4n) is 2.36. The predicted molar refractivity (Wildman–Crippen MR) is 70.8 cm³/mol. The standard InChI is InChI=1S/C11H14FN5O5/c12-7-8(20)11(5-18,2-3-14-16-13)22-9(7)17-4-1-6(19)15-10(17)21/h1,4,7-9,18,20H,2-3,5H2,(H,15,19,21)/t7-,8-,9-,11-/m1/s1. The Hall–Kier alpha value is -2.20. The van der Waals surface area contributed by atoms with Gasteiger partial charge in [-0.1, -0.05) is 5.11 Å². The first kappa shape index (κ1) is 16.2. The summed E-state index contributed by atoms with van der Waals surface area (Å²) in [6, 6.07) is 1.00. The van der Waals surface area contributed by atoms with Crippen LogP contribution in [0.4, 0.5) is 4.39 Å². The number of aliphatic hydroxyl groups is 2. The van der Waals surface area contributed by atoms with Gasteiger partial charge in [-0.25, -0.2) is 9.18 Å². The van der Waals surface area contributed by atoms with E-state index in [1.165, 1.54) is 0 Å². The van der Waals surface area contributed by atoms with Crippen LogP contribution in [0.5, 0.6) is 0 Å².